The van der Waals surface area contributed by atoms with Gasteiger partial charge in [-0.05, 0) is 56.1 Å². The van der Waals surface area contributed by atoms with Crippen LogP contribution in [-0.4, -0.2) is 75.0 Å². The van der Waals surface area contributed by atoms with E-state index in [1.807, 2.05) is 67.5 Å². The molecule has 9 heteroatoms. The molecular formula is C23H32ClIN6O. The first kappa shape index (κ1) is 26.2. The monoisotopic (exact) mass is 570 g/mol. The molecule has 174 valence electrons. The minimum atomic E-state index is -0.0704. The first-order valence-corrected chi connectivity index (χ1v) is 10.9. The van der Waals surface area contributed by atoms with Crippen LogP contribution in [-0.2, 0) is 6.54 Å². The number of piperazine rings is 1. The molecule has 0 atom stereocenters. The molecule has 0 saturated carbocycles. The van der Waals surface area contributed by atoms with Crippen molar-refractivity contribution in [2.45, 2.75) is 6.54 Å². The Hall–Kier alpha value is -2.04. The second-order valence-electron chi connectivity index (χ2n) is 7.88. The first-order chi connectivity index (χ1) is 14.9. The number of halogens is 2. The van der Waals surface area contributed by atoms with Crippen molar-refractivity contribution < 1.29 is 4.79 Å². The average Bonchev–Trinajstić information content (AvgIpc) is 2.78. The first-order valence-electron chi connectivity index (χ1n) is 10.5. The summed E-state index contributed by atoms with van der Waals surface area (Å²) in [5.41, 5.74) is 9.02. The Labute approximate surface area is 212 Å². The van der Waals surface area contributed by atoms with Crippen LogP contribution in [0.1, 0.15) is 15.9 Å². The predicted octanol–water partition coefficient (Wildman–Crippen LogP) is 2.89. The number of carbonyl (C=O) groups is 1. The minimum absolute atomic E-state index is 0. The lowest BCUT2D eigenvalue weighted by Gasteiger charge is -2.36. The van der Waals surface area contributed by atoms with Gasteiger partial charge in [0.05, 0.1) is 6.54 Å². The zero-order valence-electron chi connectivity index (χ0n) is 18.6. The molecule has 1 amide bonds. The molecule has 1 fully saturated rings. The van der Waals surface area contributed by atoms with Gasteiger partial charge in [-0.1, -0.05) is 23.7 Å². The quantitative estimate of drug-likeness (QED) is 0.304. The summed E-state index contributed by atoms with van der Waals surface area (Å²) in [4.78, 5) is 23.3. The van der Waals surface area contributed by atoms with Crippen LogP contribution in [0.3, 0.4) is 0 Å². The van der Waals surface area contributed by atoms with Gasteiger partial charge in [0, 0.05) is 55.5 Å². The molecule has 0 spiro atoms. The van der Waals surface area contributed by atoms with Gasteiger partial charge in [-0.2, -0.15) is 0 Å². The van der Waals surface area contributed by atoms with E-state index in [9.17, 15) is 4.79 Å². The molecule has 3 rings (SSSR count). The van der Waals surface area contributed by atoms with E-state index in [0.717, 1.165) is 43.3 Å². The summed E-state index contributed by atoms with van der Waals surface area (Å²) >= 11 is 5.98. The highest BCUT2D eigenvalue weighted by atomic mass is 127. The van der Waals surface area contributed by atoms with Crippen LogP contribution in [0, 0.1) is 0 Å². The van der Waals surface area contributed by atoms with Crippen molar-refractivity contribution in [3.05, 3.63) is 64.7 Å². The maximum absolute atomic E-state index is 12.3. The molecule has 1 heterocycles. The molecule has 0 unspecified atom stereocenters. The number of hydrogen-bond donors (Lipinski definition) is 2. The molecule has 0 aromatic heterocycles. The zero-order chi connectivity index (χ0) is 22.2. The Kier molecular flexibility index (Phi) is 10.5. The molecule has 2 aromatic rings. The van der Waals surface area contributed by atoms with Crippen LogP contribution in [0.15, 0.2) is 53.5 Å². The normalized spacial score (nSPS) is 14.3. The number of nitrogens with zero attached hydrogens (tertiary/aromatic N) is 4. The van der Waals surface area contributed by atoms with E-state index in [-0.39, 0.29) is 29.9 Å². The van der Waals surface area contributed by atoms with Crippen molar-refractivity contribution in [3.63, 3.8) is 0 Å². The lowest BCUT2D eigenvalue weighted by molar-refractivity contribution is 0.0951. The Balaban J connectivity index is 0.00000363. The summed E-state index contributed by atoms with van der Waals surface area (Å²) in [6.45, 7) is 5.24. The number of likely N-dealkylation sites (N-methyl/N-ethyl adjacent to an activating group) is 1. The van der Waals surface area contributed by atoms with E-state index in [2.05, 4.69) is 20.1 Å². The van der Waals surface area contributed by atoms with E-state index in [0.29, 0.717) is 24.6 Å². The lowest BCUT2D eigenvalue weighted by Crippen LogP contribution is -2.51. The number of nitrogens with one attached hydrogen (secondary N) is 1. The predicted molar refractivity (Wildman–Crippen MR) is 143 cm³/mol. The lowest BCUT2D eigenvalue weighted by atomic mass is 10.1. The third-order valence-electron chi connectivity index (χ3n) is 5.25. The third-order valence-corrected chi connectivity index (χ3v) is 5.50. The Morgan fingerprint density at radius 1 is 1.12 bits per heavy atom. The van der Waals surface area contributed by atoms with Crippen molar-refractivity contribution in [1.29, 1.82) is 0 Å². The smallest absolute Gasteiger partial charge is 0.251 e. The van der Waals surface area contributed by atoms with Crippen molar-refractivity contribution in [2.24, 2.45) is 10.7 Å². The standard InChI is InChI=1S/C23H31ClN6O.HI/c1-28(2)11-10-26-22(31)19-5-3-4-18(16-19)17-27-23(25)30-14-12-29(13-15-30)21-8-6-20(24)7-9-21;/h3-9,16H,10-15,17H2,1-2H3,(H2,25,27)(H,26,31);1H. The number of aliphatic imine (C=N–C) groups is 1. The molecule has 0 aliphatic carbocycles. The molecule has 0 bridgehead atoms. The van der Waals surface area contributed by atoms with Gasteiger partial charge >= 0.3 is 0 Å². The number of benzene rings is 2. The Bertz CT molecular complexity index is 898. The van der Waals surface area contributed by atoms with Crippen LogP contribution in [0.25, 0.3) is 0 Å². The van der Waals surface area contributed by atoms with Gasteiger partial charge in [0.2, 0.25) is 0 Å². The van der Waals surface area contributed by atoms with E-state index < -0.39 is 0 Å². The van der Waals surface area contributed by atoms with Gasteiger partial charge in [-0.3, -0.25) is 4.79 Å². The molecule has 0 radical (unpaired) electrons. The molecular weight excluding hydrogens is 539 g/mol. The molecule has 3 N–H and O–H groups in total. The number of nitrogens with two attached hydrogens (primary N) is 1. The number of rotatable bonds is 7. The van der Waals surface area contributed by atoms with Gasteiger partial charge in [0.1, 0.15) is 0 Å². The van der Waals surface area contributed by atoms with Crippen LogP contribution in [0.4, 0.5) is 5.69 Å². The van der Waals surface area contributed by atoms with E-state index >= 15 is 0 Å². The van der Waals surface area contributed by atoms with Gasteiger partial charge < -0.3 is 25.8 Å². The minimum Gasteiger partial charge on any atom is -0.370 e. The van der Waals surface area contributed by atoms with Crippen LogP contribution < -0.4 is 16.0 Å². The number of amides is 1. The van der Waals surface area contributed by atoms with Crippen molar-refractivity contribution >= 4 is 53.1 Å². The molecule has 1 aliphatic heterocycles. The Morgan fingerprint density at radius 2 is 1.81 bits per heavy atom. The number of hydrogen-bond acceptors (Lipinski definition) is 4. The van der Waals surface area contributed by atoms with Gasteiger partial charge in [-0.25, -0.2) is 4.99 Å². The highest BCUT2D eigenvalue weighted by Gasteiger charge is 2.18. The SMILES string of the molecule is CN(C)CCNC(=O)c1cccc(CN=C(N)N2CCN(c3ccc(Cl)cc3)CC2)c1.I. The second kappa shape index (κ2) is 12.9. The summed E-state index contributed by atoms with van der Waals surface area (Å²) in [7, 11) is 3.96. The maximum atomic E-state index is 12.3. The largest absolute Gasteiger partial charge is 0.370 e. The average molecular weight is 571 g/mol. The van der Waals surface area contributed by atoms with Gasteiger partial charge in [0.25, 0.3) is 5.91 Å². The molecule has 2 aromatic carbocycles. The Morgan fingerprint density at radius 3 is 2.47 bits per heavy atom. The van der Waals surface area contributed by atoms with Crippen molar-refractivity contribution in [2.75, 3.05) is 58.3 Å². The summed E-state index contributed by atoms with van der Waals surface area (Å²) in [6.07, 6.45) is 0. The molecule has 1 saturated heterocycles. The third kappa shape index (κ3) is 7.83. The summed E-state index contributed by atoms with van der Waals surface area (Å²) in [6, 6.07) is 15.4. The highest BCUT2D eigenvalue weighted by molar-refractivity contribution is 14.0. The van der Waals surface area contributed by atoms with E-state index in [1.54, 1.807) is 0 Å². The van der Waals surface area contributed by atoms with Gasteiger partial charge in [-0.15, -0.1) is 24.0 Å². The van der Waals surface area contributed by atoms with Crippen LogP contribution in [0.5, 0.6) is 0 Å². The second-order valence-corrected chi connectivity index (χ2v) is 8.32. The summed E-state index contributed by atoms with van der Waals surface area (Å²) in [5.74, 6) is 0.468. The fourth-order valence-electron chi connectivity index (χ4n) is 3.42. The number of carbonyl (C=O) groups excluding carboxylic acids is 1. The fraction of sp³-hybridized carbons (Fsp3) is 0.391. The van der Waals surface area contributed by atoms with Crippen LogP contribution >= 0.6 is 35.6 Å². The van der Waals surface area contributed by atoms with E-state index in [4.69, 9.17) is 17.3 Å². The van der Waals surface area contributed by atoms with Gasteiger partial charge in [0.15, 0.2) is 5.96 Å². The maximum Gasteiger partial charge on any atom is 0.251 e. The molecule has 1 aliphatic rings. The highest BCUT2D eigenvalue weighted by Crippen LogP contribution is 2.19. The summed E-state index contributed by atoms with van der Waals surface area (Å²) in [5, 5.41) is 3.68. The topological polar surface area (TPSA) is 77.2 Å². The zero-order valence-corrected chi connectivity index (χ0v) is 21.7. The van der Waals surface area contributed by atoms with E-state index in [1.165, 1.54) is 5.69 Å². The van der Waals surface area contributed by atoms with Crippen molar-refractivity contribution in [1.82, 2.24) is 15.1 Å². The molecule has 32 heavy (non-hydrogen) atoms. The molecule has 7 nitrogen and oxygen atoms in total. The van der Waals surface area contributed by atoms with Crippen LogP contribution in [0.2, 0.25) is 5.02 Å². The number of anilines is 1. The fourth-order valence-corrected chi connectivity index (χ4v) is 3.55. The summed E-state index contributed by atoms with van der Waals surface area (Å²) < 4.78 is 0. The number of guanidine groups is 1. The van der Waals surface area contributed by atoms with Crippen molar-refractivity contribution in [3.8, 4) is 0 Å².